The highest BCUT2D eigenvalue weighted by atomic mass is 16.6. The Hall–Kier alpha value is -4.38. The molecule has 0 radical (unpaired) electrons. The summed E-state index contributed by atoms with van der Waals surface area (Å²) in [5.74, 6) is 2.10. The molecule has 200 valence electrons. The van der Waals surface area contributed by atoms with E-state index in [0.29, 0.717) is 50.5 Å². The largest absolute Gasteiger partial charge is 0.497 e. The Morgan fingerprint density at radius 3 is 2.68 bits per heavy atom. The van der Waals surface area contributed by atoms with Crippen LogP contribution in [0.3, 0.4) is 0 Å². The number of nitrogens with zero attached hydrogens (tertiary/aromatic N) is 4. The van der Waals surface area contributed by atoms with E-state index in [-0.39, 0.29) is 13.2 Å². The van der Waals surface area contributed by atoms with Gasteiger partial charge in [0.1, 0.15) is 24.8 Å². The standard InChI is InChI=1S/C27H32N6O5/c1-20-4-3-5-22(16-20)19-29-32-26-30-24(33-10-12-36-13-11-33)17-25(31-26)37-14-15-38-27(34)28-18-21-6-8-23(35-2)9-7-21/h3-9,16-17,19H,10-15,18H2,1-2H3,(H,28,34)(H,30,31,32)/b29-19+. The summed E-state index contributed by atoms with van der Waals surface area (Å²) in [7, 11) is 1.61. The minimum Gasteiger partial charge on any atom is -0.497 e. The van der Waals surface area contributed by atoms with E-state index in [2.05, 4.69) is 30.7 Å². The van der Waals surface area contributed by atoms with E-state index >= 15 is 0 Å². The lowest BCUT2D eigenvalue weighted by atomic mass is 10.2. The third-order valence-corrected chi connectivity index (χ3v) is 5.61. The number of aromatic nitrogens is 2. The zero-order valence-corrected chi connectivity index (χ0v) is 21.6. The van der Waals surface area contributed by atoms with Crippen LogP contribution in [0.25, 0.3) is 0 Å². The minimum atomic E-state index is -0.533. The molecule has 0 saturated carbocycles. The van der Waals surface area contributed by atoms with Gasteiger partial charge in [-0.3, -0.25) is 0 Å². The van der Waals surface area contributed by atoms with Gasteiger partial charge in [0.05, 0.1) is 26.5 Å². The van der Waals surface area contributed by atoms with Crippen molar-refractivity contribution in [3.8, 4) is 11.6 Å². The van der Waals surface area contributed by atoms with Crippen LogP contribution >= 0.6 is 0 Å². The number of hydrazone groups is 1. The number of ether oxygens (including phenoxy) is 4. The van der Waals surface area contributed by atoms with Gasteiger partial charge >= 0.3 is 6.09 Å². The van der Waals surface area contributed by atoms with Crippen LogP contribution in [-0.4, -0.2) is 68.9 Å². The van der Waals surface area contributed by atoms with Crippen molar-refractivity contribution in [2.75, 3.05) is 57.0 Å². The molecule has 11 heteroatoms. The van der Waals surface area contributed by atoms with Crippen molar-refractivity contribution in [3.05, 3.63) is 71.3 Å². The highest BCUT2D eigenvalue weighted by Crippen LogP contribution is 2.21. The zero-order valence-electron chi connectivity index (χ0n) is 21.6. The summed E-state index contributed by atoms with van der Waals surface area (Å²) >= 11 is 0. The monoisotopic (exact) mass is 520 g/mol. The van der Waals surface area contributed by atoms with E-state index in [4.69, 9.17) is 18.9 Å². The number of carbonyl (C=O) groups is 1. The Bertz CT molecular complexity index is 1210. The number of alkyl carbamates (subject to hydrolysis) is 1. The van der Waals surface area contributed by atoms with Gasteiger partial charge in [-0.25, -0.2) is 10.2 Å². The van der Waals surface area contributed by atoms with E-state index in [1.807, 2.05) is 55.5 Å². The molecule has 1 aliphatic heterocycles. The van der Waals surface area contributed by atoms with E-state index < -0.39 is 6.09 Å². The Kier molecular flexibility index (Phi) is 9.69. The Morgan fingerprint density at radius 1 is 1.11 bits per heavy atom. The van der Waals surface area contributed by atoms with Gasteiger partial charge in [-0.15, -0.1) is 0 Å². The number of rotatable bonds is 11. The second-order valence-electron chi connectivity index (χ2n) is 8.46. The van der Waals surface area contributed by atoms with Crippen molar-refractivity contribution in [3.63, 3.8) is 0 Å². The first-order chi connectivity index (χ1) is 18.6. The fourth-order valence-electron chi connectivity index (χ4n) is 3.66. The van der Waals surface area contributed by atoms with Crippen molar-refractivity contribution in [2.24, 2.45) is 5.10 Å². The molecule has 2 aromatic carbocycles. The number of amides is 1. The van der Waals surface area contributed by atoms with Gasteiger partial charge in [0, 0.05) is 25.7 Å². The molecule has 0 aliphatic carbocycles. The first kappa shape index (κ1) is 26.7. The molecule has 0 atom stereocenters. The van der Waals surface area contributed by atoms with Gasteiger partial charge in [0.15, 0.2) is 0 Å². The average Bonchev–Trinajstić information content (AvgIpc) is 2.95. The Morgan fingerprint density at radius 2 is 1.92 bits per heavy atom. The van der Waals surface area contributed by atoms with Gasteiger partial charge in [-0.1, -0.05) is 42.0 Å². The molecule has 1 aliphatic rings. The summed E-state index contributed by atoms with van der Waals surface area (Å²) in [6, 6.07) is 17.2. The Labute approximate surface area is 221 Å². The molecule has 2 N–H and O–H groups in total. The maximum absolute atomic E-state index is 12.0. The number of hydrogen-bond acceptors (Lipinski definition) is 10. The second kappa shape index (κ2) is 13.8. The number of hydrogen-bond donors (Lipinski definition) is 2. The number of aryl methyl sites for hydroxylation is 1. The van der Waals surface area contributed by atoms with Crippen molar-refractivity contribution in [1.82, 2.24) is 15.3 Å². The van der Waals surface area contributed by atoms with Crippen LogP contribution in [0.1, 0.15) is 16.7 Å². The highest BCUT2D eigenvalue weighted by Gasteiger charge is 2.16. The maximum atomic E-state index is 12.0. The van der Waals surface area contributed by atoms with Gasteiger partial charge < -0.3 is 29.2 Å². The highest BCUT2D eigenvalue weighted by molar-refractivity contribution is 5.80. The summed E-state index contributed by atoms with van der Waals surface area (Å²) in [6.45, 7) is 5.21. The fraction of sp³-hybridized carbons (Fsp3) is 0.333. The Balaban J connectivity index is 1.30. The molecule has 0 spiro atoms. The normalized spacial score (nSPS) is 13.3. The van der Waals surface area contributed by atoms with Gasteiger partial charge in [0.25, 0.3) is 0 Å². The van der Waals surface area contributed by atoms with Crippen molar-refractivity contribution >= 4 is 24.1 Å². The van der Waals surface area contributed by atoms with Crippen LogP contribution in [0.4, 0.5) is 16.6 Å². The van der Waals surface area contributed by atoms with Gasteiger partial charge in [0.2, 0.25) is 11.8 Å². The molecule has 1 saturated heterocycles. The predicted molar refractivity (Wildman–Crippen MR) is 144 cm³/mol. The maximum Gasteiger partial charge on any atom is 0.407 e. The van der Waals surface area contributed by atoms with Crippen molar-refractivity contribution in [2.45, 2.75) is 13.5 Å². The predicted octanol–water partition coefficient (Wildman–Crippen LogP) is 3.38. The summed E-state index contributed by atoms with van der Waals surface area (Å²) in [6.07, 6.45) is 1.17. The van der Waals surface area contributed by atoms with Crippen molar-refractivity contribution < 1.29 is 23.7 Å². The molecule has 38 heavy (non-hydrogen) atoms. The van der Waals surface area contributed by atoms with Crippen LogP contribution in [0, 0.1) is 6.92 Å². The lowest BCUT2D eigenvalue weighted by molar-refractivity contribution is 0.121. The molecule has 3 aromatic rings. The number of methoxy groups -OCH3 is 1. The van der Waals surface area contributed by atoms with Crippen LogP contribution in [0.15, 0.2) is 59.7 Å². The molecule has 1 fully saturated rings. The van der Waals surface area contributed by atoms with Crippen LogP contribution < -0.4 is 25.1 Å². The number of nitrogens with one attached hydrogen (secondary N) is 2. The third-order valence-electron chi connectivity index (χ3n) is 5.61. The van der Waals surface area contributed by atoms with Gasteiger partial charge in [-0.05, 0) is 30.2 Å². The van der Waals surface area contributed by atoms with Crippen LogP contribution in [-0.2, 0) is 16.0 Å². The van der Waals surface area contributed by atoms with Gasteiger partial charge in [-0.2, -0.15) is 15.1 Å². The molecule has 0 unspecified atom stereocenters. The smallest absolute Gasteiger partial charge is 0.407 e. The number of carbonyl (C=O) groups excluding carboxylic acids is 1. The lowest BCUT2D eigenvalue weighted by Crippen LogP contribution is -2.36. The molecule has 1 amide bonds. The van der Waals surface area contributed by atoms with Crippen LogP contribution in [0.5, 0.6) is 11.6 Å². The third kappa shape index (κ3) is 8.34. The topological polar surface area (TPSA) is 119 Å². The molecule has 11 nitrogen and oxygen atoms in total. The second-order valence-corrected chi connectivity index (χ2v) is 8.46. The van der Waals surface area contributed by atoms with E-state index in [1.165, 1.54) is 0 Å². The molecule has 4 rings (SSSR count). The van der Waals surface area contributed by atoms with Crippen molar-refractivity contribution in [1.29, 1.82) is 0 Å². The summed E-state index contributed by atoms with van der Waals surface area (Å²) in [5.41, 5.74) is 5.92. The number of morpholine rings is 1. The molecule has 1 aromatic heterocycles. The lowest BCUT2D eigenvalue weighted by Gasteiger charge is -2.28. The van der Waals surface area contributed by atoms with E-state index in [9.17, 15) is 4.79 Å². The summed E-state index contributed by atoms with van der Waals surface area (Å²) in [5, 5.41) is 6.98. The SMILES string of the molecule is COc1ccc(CNC(=O)OCCOc2cc(N3CCOCC3)nc(N/N=C/c3cccc(C)c3)n2)cc1. The molecular weight excluding hydrogens is 488 g/mol. The van der Waals surface area contributed by atoms with E-state index in [0.717, 1.165) is 22.4 Å². The first-order valence-corrected chi connectivity index (χ1v) is 12.3. The minimum absolute atomic E-state index is 0.0552. The fourth-order valence-corrected chi connectivity index (χ4v) is 3.66. The molecule has 2 heterocycles. The quantitative estimate of drug-likeness (QED) is 0.223. The first-order valence-electron chi connectivity index (χ1n) is 12.3. The zero-order chi connectivity index (χ0) is 26.6. The number of benzene rings is 2. The number of anilines is 2. The summed E-state index contributed by atoms with van der Waals surface area (Å²) < 4.78 is 21.6. The summed E-state index contributed by atoms with van der Waals surface area (Å²) in [4.78, 5) is 23.1. The van der Waals surface area contributed by atoms with Crippen LogP contribution in [0.2, 0.25) is 0 Å². The molecular formula is C27H32N6O5. The molecule has 0 bridgehead atoms. The van der Waals surface area contributed by atoms with E-state index in [1.54, 1.807) is 19.4 Å². The average molecular weight is 521 g/mol.